The molecule has 0 saturated carbocycles. The minimum atomic E-state index is -0.0441. The van der Waals surface area contributed by atoms with E-state index in [2.05, 4.69) is 20.8 Å². The average Bonchev–Trinajstić information content (AvgIpc) is 3.08. The minimum Gasteiger partial charge on any atom is -0.326 e. The van der Waals surface area contributed by atoms with Crippen molar-refractivity contribution >= 4 is 35.0 Å². The van der Waals surface area contributed by atoms with Gasteiger partial charge in [-0.2, -0.15) is 16.4 Å². The van der Waals surface area contributed by atoms with Crippen LogP contribution in [0.25, 0.3) is 5.69 Å². The number of hydrogen-bond donors (Lipinski definition) is 1. The van der Waals surface area contributed by atoms with E-state index in [9.17, 15) is 4.79 Å². The Bertz CT molecular complexity index is 840. The zero-order valence-electron chi connectivity index (χ0n) is 13.3. The standard InChI is InChI=1S/C17H16ClN5OS/c18-13-5-4-6-14(11-13)19-17(24)9-10-25-12-16-20-21-22-23(16)15-7-2-1-3-8-15/h1-8,11H,9-10,12H2,(H,19,24). The zero-order chi connectivity index (χ0) is 17.5. The van der Waals surface area contributed by atoms with Gasteiger partial charge in [-0.15, -0.1) is 5.10 Å². The Labute approximate surface area is 154 Å². The first-order valence-electron chi connectivity index (χ1n) is 7.68. The molecular formula is C17H16ClN5OS. The quantitative estimate of drug-likeness (QED) is 0.641. The van der Waals surface area contributed by atoms with Crippen molar-refractivity contribution < 1.29 is 4.79 Å². The lowest BCUT2D eigenvalue weighted by molar-refractivity contribution is -0.115. The maximum absolute atomic E-state index is 12.0. The highest BCUT2D eigenvalue weighted by molar-refractivity contribution is 7.98. The lowest BCUT2D eigenvalue weighted by Gasteiger charge is -2.06. The third-order valence-electron chi connectivity index (χ3n) is 3.35. The molecule has 3 aromatic rings. The molecule has 1 aromatic heterocycles. The number of nitrogens with zero attached hydrogens (tertiary/aromatic N) is 4. The van der Waals surface area contributed by atoms with E-state index in [0.717, 1.165) is 11.5 Å². The van der Waals surface area contributed by atoms with Crippen LogP contribution in [-0.4, -0.2) is 31.9 Å². The Balaban J connectivity index is 1.46. The molecule has 2 aromatic carbocycles. The van der Waals surface area contributed by atoms with Crippen LogP contribution in [-0.2, 0) is 10.5 Å². The molecule has 6 nitrogen and oxygen atoms in total. The summed E-state index contributed by atoms with van der Waals surface area (Å²) in [5, 5.41) is 15.2. The second kappa shape index (κ2) is 8.64. The highest BCUT2D eigenvalue weighted by Gasteiger charge is 2.09. The summed E-state index contributed by atoms with van der Waals surface area (Å²) in [6.45, 7) is 0. The number of anilines is 1. The summed E-state index contributed by atoms with van der Waals surface area (Å²) in [6, 6.07) is 16.8. The highest BCUT2D eigenvalue weighted by Crippen LogP contribution is 2.17. The summed E-state index contributed by atoms with van der Waals surface area (Å²) >= 11 is 7.51. The van der Waals surface area contributed by atoms with E-state index < -0.39 is 0 Å². The van der Waals surface area contributed by atoms with Crippen molar-refractivity contribution in [1.82, 2.24) is 20.2 Å². The first kappa shape index (κ1) is 17.4. The fourth-order valence-corrected chi connectivity index (χ4v) is 3.21. The first-order chi connectivity index (χ1) is 12.2. The van der Waals surface area contributed by atoms with Crippen molar-refractivity contribution in [2.45, 2.75) is 12.2 Å². The minimum absolute atomic E-state index is 0.0441. The molecule has 0 aliphatic rings. The molecule has 0 fully saturated rings. The number of carbonyl (C=O) groups is 1. The average molecular weight is 374 g/mol. The topological polar surface area (TPSA) is 72.7 Å². The number of aromatic nitrogens is 4. The van der Waals surface area contributed by atoms with Gasteiger partial charge < -0.3 is 5.32 Å². The van der Waals surface area contributed by atoms with Crippen LogP contribution in [0.3, 0.4) is 0 Å². The molecule has 1 N–H and O–H groups in total. The van der Waals surface area contributed by atoms with E-state index in [1.54, 1.807) is 34.6 Å². The van der Waals surface area contributed by atoms with Crippen molar-refractivity contribution in [1.29, 1.82) is 0 Å². The Kier molecular flexibility index (Phi) is 6.03. The Morgan fingerprint density at radius 2 is 2.00 bits per heavy atom. The van der Waals surface area contributed by atoms with Crippen molar-refractivity contribution in [2.24, 2.45) is 0 Å². The van der Waals surface area contributed by atoms with Crippen molar-refractivity contribution in [3.63, 3.8) is 0 Å². The summed E-state index contributed by atoms with van der Waals surface area (Å²) in [6.07, 6.45) is 0.407. The van der Waals surface area contributed by atoms with E-state index in [1.807, 2.05) is 36.4 Å². The van der Waals surface area contributed by atoms with E-state index in [1.165, 1.54) is 0 Å². The highest BCUT2D eigenvalue weighted by atomic mass is 35.5. The number of amides is 1. The van der Waals surface area contributed by atoms with Gasteiger partial charge in [0.2, 0.25) is 5.91 Å². The molecule has 0 saturated heterocycles. The normalized spacial score (nSPS) is 10.6. The molecule has 0 radical (unpaired) electrons. The number of rotatable bonds is 7. The third-order valence-corrected chi connectivity index (χ3v) is 4.54. The van der Waals surface area contributed by atoms with Crippen molar-refractivity contribution in [3.8, 4) is 5.69 Å². The number of benzene rings is 2. The van der Waals surface area contributed by atoms with Crippen LogP contribution < -0.4 is 5.32 Å². The van der Waals surface area contributed by atoms with Crippen molar-refractivity contribution in [3.05, 3.63) is 65.4 Å². The van der Waals surface area contributed by atoms with Gasteiger partial charge in [-0.05, 0) is 40.8 Å². The van der Waals surface area contributed by atoms with Gasteiger partial charge in [0.25, 0.3) is 0 Å². The molecule has 8 heteroatoms. The van der Waals surface area contributed by atoms with E-state index in [-0.39, 0.29) is 5.91 Å². The summed E-state index contributed by atoms with van der Waals surface area (Å²) < 4.78 is 1.71. The molecule has 0 unspecified atom stereocenters. The molecule has 0 aliphatic heterocycles. The smallest absolute Gasteiger partial charge is 0.225 e. The predicted octanol–water partition coefficient (Wildman–Crippen LogP) is 3.58. The Morgan fingerprint density at radius 1 is 1.16 bits per heavy atom. The summed E-state index contributed by atoms with van der Waals surface area (Å²) in [5.41, 5.74) is 1.62. The molecule has 1 heterocycles. The SMILES string of the molecule is O=C(CCSCc1nnnn1-c1ccccc1)Nc1cccc(Cl)c1. The van der Waals surface area contributed by atoms with Crippen LogP contribution >= 0.6 is 23.4 Å². The molecule has 0 spiro atoms. The van der Waals surface area contributed by atoms with Gasteiger partial charge in [0.1, 0.15) is 0 Å². The van der Waals surface area contributed by atoms with E-state index in [4.69, 9.17) is 11.6 Å². The Morgan fingerprint density at radius 3 is 2.80 bits per heavy atom. The van der Waals surface area contributed by atoms with Crippen LogP contribution in [0.1, 0.15) is 12.2 Å². The zero-order valence-corrected chi connectivity index (χ0v) is 14.9. The number of halogens is 1. The molecule has 0 atom stereocenters. The molecule has 1 amide bonds. The molecule has 3 rings (SSSR count). The molecule has 0 bridgehead atoms. The van der Waals surface area contributed by atoms with Crippen LogP contribution in [0.2, 0.25) is 5.02 Å². The van der Waals surface area contributed by atoms with E-state index in [0.29, 0.717) is 28.6 Å². The van der Waals surface area contributed by atoms with Crippen LogP contribution in [0, 0.1) is 0 Å². The van der Waals surface area contributed by atoms with E-state index >= 15 is 0 Å². The second-order valence-electron chi connectivity index (χ2n) is 5.20. The van der Waals surface area contributed by atoms with Gasteiger partial charge >= 0.3 is 0 Å². The van der Waals surface area contributed by atoms with Crippen LogP contribution in [0.15, 0.2) is 54.6 Å². The maximum Gasteiger partial charge on any atom is 0.225 e. The number of carbonyl (C=O) groups excluding carboxylic acids is 1. The Hall–Kier alpha value is -2.38. The second-order valence-corrected chi connectivity index (χ2v) is 6.75. The number of nitrogens with one attached hydrogen (secondary N) is 1. The number of para-hydroxylation sites is 1. The lowest BCUT2D eigenvalue weighted by atomic mass is 10.3. The van der Waals surface area contributed by atoms with Gasteiger partial charge in [-0.25, -0.2) is 0 Å². The number of hydrogen-bond acceptors (Lipinski definition) is 5. The number of tetrazole rings is 1. The van der Waals surface area contributed by atoms with Gasteiger partial charge in [0.15, 0.2) is 5.82 Å². The number of thioether (sulfide) groups is 1. The summed E-state index contributed by atoms with van der Waals surface area (Å²) in [5.74, 6) is 2.02. The van der Waals surface area contributed by atoms with Gasteiger partial charge in [0.05, 0.1) is 11.4 Å². The monoisotopic (exact) mass is 373 g/mol. The van der Waals surface area contributed by atoms with Crippen LogP contribution in [0.5, 0.6) is 0 Å². The van der Waals surface area contributed by atoms with Crippen molar-refractivity contribution in [2.75, 3.05) is 11.1 Å². The molecule has 25 heavy (non-hydrogen) atoms. The molecular weight excluding hydrogens is 358 g/mol. The van der Waals surface area contributed by atoms with Crippen LogP contribution in [0.4, 0.5) is 5.69 Å². The van der Waals surface area contributed by atoms with Gasteiger partial charge in [-0.1, -0.05) is 35.9 Å². The predicted molar refractivity (Wildman–Crippen MR) is 100 cm³/mol. The lowest BCUT2D eigenvalue weighted by Crippen LogP contribution is -2.12. The van der Waals surface area contributed by atoms with Gasteiger partial charge in [-0.3, -0.25) is 4.79 Å². The maximum atomic E-state index is 12.0. The third kappa shape index (κ3) is 5.04. The fraction of sp³-hybridized carbons (Fsp3) is 0.176. The summed E-state index contributed by atoms with van der Waals surface area (Å²) in [4.78, 5) is 12.0. The molecule has 128 valence electrons. The van der Waals surface area contributed by atoms with Gasteiger partial charge in [0, 0.05) is 22.9 Å². The molecule has 0 aliphatic carbocycles. The largest absolute Gasteiger partial charge is 0.326 e. The summed E-state index contributed by atoms with van der Waals surface area (Å²) in [7, 11) is 0. The fourth-order valence-electron chi connectivity index (χ4n) is 2.18. The first-order valence-corrected chi connectivity index (χ1v) is 9.21.